The lowest BCUT2D eigenvalue weighted by atomic mass is 10.2. The summed E-state index contributed by atoms with van der Waals surface area (Å²) in [4.78, 5) is 11.2. The molecule has 0 fully saturated rings. The van der Waals surface area contributed by atoms with Crippen LogP contribution in [0.5, 0.6) is 0 Å². The van der Waals surface area contributed by atoms with Crippen LogP contribution >= 0.6 is 0 Å². The molecule has 0 aromatic carbocycles. The first-order valence-corrected chi connectivity index (χ1v) is 6.32. The zero-order valence-electron chi connectivity index (χ0n) is 10.8. The third-order valence-electron chi connectivity index (χ3n) is 2.15. The van der Waals surface area contributed by atoms with E-state index in [9.17, 15) is 4.79 Å². The van der Waals surface area contributed by atoms with Crippen LogP contribution in [0.25, 0.3) is 0 Å². The number of unbranched alkanes of at least 4 members (excludes halogenated alkanes) is 2. The number of nitrogens with two attached hydrogens (primary N) is 1. The molecule has 5 nitrogen and oxygen atoms in total. The van der Waals surface area contributed by atoms with Crippen LogP contribution in [0.15, 0.2) is 0 Å². The molecule has 0 atom stereocenters. The van der Waals surface area contributed by atoms with E-state index in [1.54, 1.807) is 0 Å². The highest BCUT2D eigenvalue weighted by atomic mass is 16.6. The number of hydrogen-bond acceptors (Lipinski definition) is 5. The number of carbonyl (C=O) groups excluding carboxylic acids is 1. The number of hydrogen-bond donors (Lipinski definition) is 1. The van der Waals surface area contributed by atoms with Gasteiger partial charge in [0.2, 0.25) is 0 Å². The molecular formula is C12H25NO4. The predicted molar refractivity (Wildman–Crippen MR) is 65.8 cm³/mol. The number of esters is 1. The molecule has 0 spiro atoms. The lowest BCUT2D eigenvalue weighted by Crippen LogP contribution is -2.12. The quantitative estimate of drug-likeness (QED) is 0.413. The van der Waals surface area contributed by atoms with Crippen LogP contribution in [0.3, 0.4) is 0 Å². The Morgan fingerprint density at radius 1 is 1.00 bits per heavy atom. The molecule has 0 bridgehead atoms. The van der Waals surface area contributed by atoms with E-state index in [1.165, 1.54) is 0 Å². The number of rotatable bonds is 12. The van der Waals surface area contributed by atoms with Crippen molar-refractivity contribution >= 4 is 5.97 Å². The first-order chi connectivity index (χ1) is 8.31. The van der Waals surface area contributed by atoms with Crippen molar-refractivity contribution in [1.29, 1.82) is 0 Å². The van der Waals surface area contributed by atoms with Gasteiger partial charge in [0.05, 0.1) is 19.8 Å². The van der Waals surface area contributed by atoms with E-state index in [0.29, 0.717) is 46.0 Å². The second-order valence-corrected chi connectivity index (χ2v) is 3.63. The van der Waals surface area contributed by atoms with Gasteiger partial charge in [-0.25, -0.2) is 0 Å². The maximum Gasteiger partial charge on any atom is 0.305 e. The van der Waals surface area contributed by atoms with Crippen molar-refractivity contribution in [3.8, 4) is 0 Å². The Balaban J connectivity index is 3.11. The van der Waals surface area contributed by atoms with Gasteiger partial charge in [-0.2, -0.15) is 0 Å². The fourth-order valence-corrected chi connectivity index (χ4v) is 1.24. The Labute approximate surface area is 104 Å². The van der Waals surface area contributed by atoms with Crippen LogP contribution in [0.1, 0.15) is 32.6 Å². The fourth-order valence-electron chi connectivity index (χ4n) is 1.24. The molecule has 0 aliphatic carbocycles. The zero-order valence-corrected chi connectivity index (χ0v) is 10.8. The minimum absolute atomic E-state index is 0.157. The summed E-state index contributed by atoms with van der Waals surface area (Å²) in [6.07, 6.45) is 3.27. The minimum atomic E-state index is -0.157. The molecule has 0 amide bonds. The molecule has 0 rings (SSSR count). The van der Waals surface area contributed by atoms with Crippen molar-refractivity contribution in [2.75, 3.05) is 39.6 Å². The Morgan fingerprint density at radius 3 is 2.41 bits per heavy atom. The average Bonchev–Trinajstić information content (AvgIpc) is 2.33. The number of carbonyl (C=O) groups is 1. The summed E-state index contributed by atoms with van der Waals surface area (Å²) < 4.78 is 15.3. The van der Waals surface area contributed by atoms with Crippen LogP contribution in [-0.2, 0) is 19.0 Å². The molecule has 2 N–H and O–H groups in total. The molecule has 0 saturated heterocycles. The van der Waals surface area contributed by atoms with Crippen molar-refractivity contribution in [2.24, 2.45) is 5.73 Å². The maximum atomic E-state index is 11.2. The highest BCUT2D eigenvalue weighted by Crippen LogP contribution is 2.00. The molecule has 17 heavy (non-hydrogen) atoms. The van der Waals surface area contributed by atoms with Crippen molar-refractivity contribution in [2.45, 2.75) is 32.6 Å². The molecule has 102 valence electrons. The van der Waals surface area contributed by atoms with Crippen LogP contribution in [0, 0.1) is 0 Å². The molecule has 0 aliphatic rings. The lowest BCUT2D eigenvalue weighted by Gasteiger charge is -2.06. The van der Waals surface area contributed by atoms with Crippen LogP contribution < -0.4 is 5.73 Å². The van der Waals surface area contributed by atoms with Crippen LogP contribution in [0.2, 0.25) is 0 Å². The SMILES string of the molecule is CCOCCOCCOC(=O)CCCCCN. The molecular weight excluding hydrogens is 222 g/mol. The summed E-state index contributed by atoms with van der Waals surface area (Å²) in [5.74, 6) is -0.157. The summed E-state index contributed by atoms with van der Waals surface area (Å²) in [5.41, 5.74) is 5.35. The van der Waals surface area contributed by atoms with Gasteiger partial charge in [-0.05, 0) is 26.3 Å². The molecule has 0 unspecified atom stereocenters. The van der Waals surface area contributed by atoms with Crippen molar-refractivity contribution in [3.63, 3.8) is 0 Å². The summed E-state index contributed by atoms with van der Waals surface area (Å²) in [5, 5.41) is 0. The van der Waals surface area contributed by atoms with E-state index >= 15 is 0 Å². The molecule has 0 aromatic rings. The Hall–Kier alpha value is -0.650. The van der Waals surface area contributed by atoms with E-state index in [0.717, 1.165) is 19.3 Å². The van der Waals surface area contributed by atoms with E-state index < -0.39 is 0 Å². The van der Waals surface area contributed by atoms with E-state index in [1.807, 2.05) is 6.92 Å². The van der Waals surface area contributed by atoms with Crippen LogP contribution in [-0.4, -0.2) is 45.5 Å². The third-order valence-corrected chi connectivity index (χ3v) is 2.15. The van der Waals surface area contributed by atoms with Gasteiger partial charge in [0, 0.05) is 13.0 Å². The lowest BCUT2D eigenvalue weighted by molar-refractivity contribution is -0.145. The highest BCUT2D eigenvalue weighted by Gasteiger charge is 2.01. The van der Waals surface area contributed by atoms with E-state index in [2.05, 4.69) is 0 Å². The Morgan fingerprint density at radius 2 is 1.71 bits per heavy atom. The highest BCUT2D eigenvalue weighted by molar-refractivity contribution is 5.69. The topological polar surface area (TPSA) is 70.8 Å². The van der Waals surface area contributed by atoms with Crippen molar-refractivity contribution in [3.05, 3.63) is 0 Å². The average molecular weight is 247 g/mol. The van der Waals surface area contributed by atoms with Crippen molar-refractivity contribution in [1.82, 2.24) is 0 Å². The molecule has 0 heterocycles. The van der Waals surface area contributed by atoms with Gasteiger partial charge in [0.1, 0.15) is 6.61 Å². The number of ether oxygens (including phenoxy) is 3. The Bertz CT molecular complexity index is 176. The van der Waals surface area contributed by atoms with Gasteiger partial charge in [0.15, 0.2) is 0 Å². The summed E-state index contributed by atoms with van der Waals surface area (Å²) in [6, 6.07) is 0. The fraction of sp³-hybridized carbons (Fsp3) is 0.917. The van der Waals surface area contributed by atoms with Gasteiger partial charge < -0.3 is 19.9 Å². The molecule has 0 saturated carbocycles. The normalized spacial score (nSPS) is 10.5. The second kappa shape index (κ2) is 13.4. The van der Waals surface area contributed by atoms with Crippen molar-refractivity contribution < 1.29 is 19.0 Å². The summed E-state index contributed by atoms with van der Waals surface area (Å²) in [6.45, 7) is 5.20. The second-order valence-electron chi connectivity index (χ2n) is 3.63. The van der Waals surface area contributed by atoms with Gasteiger partial charge in [-0.3, -0.25) is 4.79 Å². The van der Waals surface area contributed by atoms with E-state index in [4.69, 9.17) is 19.9 Å². The van der Waals surface area contributed by atoms with E-state index in [-0.39, 0.29) is 5.97 Å². The maximum absolute atomic E-state index is 11.2. The largest absolute Gasteiger partial charge is 0.463 e. The van der Waals surface area contributed by atoms with Gasteiger partial charge in [-0.1, -0.05) is 6.42 Å². The van der Waals surface area contributed by atoms with Gasteiger partial charge in [-0.15, -0.1) is 0 Å². The summed E-state index contributed by atoms with van der Waals surface area (Å²) >= 11 is 0. The Kier molecular flexibility index (Phi) is 12.9. The minimum Gasteiger partial charge on any atom is -0.463 e. The first kappa shape index (κ1) is 16.4. The van der Waals surface area contributed by atoms with Gasteiger partial charge >= 0.3 is 5.97 Å². The monoisotopic (exact) mass is 247 g/mol. The molecule has 0 aromatic heterocycles. The molecule has 0 aliphatic heterocycles. The smallest absolute Gasteiger partial charge is 0.305 e. The third kappa shape index (κ3) is 13.3. The molecule has 5 heteroatoms. The standard InChI is InChI=1S/C12H25NO4/c1-2-15-8-9-16-10-11-17-12(14)6-4-3-5-7-13/h2-11,13H2,1H3. The van der Waals surface area contributed by atoms with Gasteiger partial charge in [0.25, 0.3) is 0 Å². The van der Waals surface area contributed by atoms with Crippen LogP contribution in [0.4, 0.5) is 0 Å². The first-order valence-electron chi connectivity index (χ1n) is 6.32. The summed E-state index contributed by atoms with van der Waals surface area (Å²) in [7, 11) is 0. The predicted octanol–water partition coefficient (Wildman–Crippen LogP) is 1.10. The molecule has 0 radical (unpaired) electrons. The zero-order chi connectivity index (χ0) is 12.8.